The van der Waals surface area contributed by atoms with Crippen LogP contribution in [0.5, 0.6) is 0 Å². The Bertz CT molecular complexity index is 182. The molecule has 0 aromatic heterocycles. The normalized spacial score (nSPS) is 23.4. The molecule has 1 atom stereocenters. The van der Waals surface area contributed by atoms with E-state index < -0.39 is 0 Å². The van der Waals surface area contributed by atoms with Crippen molar-refractivity contribution >= 4 is 6.09 Å². The minimum atomic E-state index is -0.307. The van der Waals surface area contributed by atoms with E-state index in [0.29, 0.717) is 19.1 Å². The highest BCUT2D eigenvalue weighted by atomic mass is 16.5. The van der Waals surface area contributed by atoms with Crippen molar-refractivity contribution in [1.29, 1.82) is 0 Å². The van der Waals surface area contributed by atoms with Gasteiger partial charge in [-0.1, -0.05) is 6.58 Å². The van der Waals surface area contributed by atoms with Gasteiger partial charge in [0.2, 0.25) is 0 Å². The molecule has 4 heteroatoms. The van der Waals surface area contributed by atoms with Crippen LogP contribution in [0, 0.1) is 0 Å². The average Bonchev–Trinajstić information content (AvgIpc) is 2.05. The zero-order valence-corrected chi connectivity index (χ0v) is 7.25. The van der Waals surface area contributed by atoms with Gasteiger partial charge in [-0.2, -0.15) is 0 Å². The molecule has 0 saturated carbocycles. The van der Waals surface area contributed by atoms with Crippen LogP contribution < -0.4 is 5.32 Å². The molecule has 0 aromatic carbocycles. The van der Waals surface area contributed by atoms with Crippen LogP contribution in [0.3, 0.4) is 0 Å². The number of rotatable bonds is 1. The number of amides is 1. The standard InChI is InChI=1S/C8H14N2O2/c1-3-12-8(11)10-5-4-9-7(2)6-10/h3,7,9H,1,4-6H2,2H3. The van der Waals surface area contributed by atoms with Gasteiger partial charge >= 0.3 is 6.09 Å². The van der Waals surface area contributed by atoms with E-state index in [0.717, 1.165) is 12.8 Å². The van der Waals surface area contributed by atoms with Gasteiger partial charge < -0.3 is 15.0 Å². The third-order valence-electron chi connectivity index (χ3n) is 1.81. The number of carbonyl (C=O) groups is 1. The Hall–Kier alpha value is -1.03. The Labute approximate surface area is 72.2 Å². The van der Waals surface area contributed by atoms with Crippen molar-refractivity contribution in [3.05, 3.63) is 12.8 Å². The summed E-state index contributed by atoms with van der Waals surface area (Å²) >= 11 is 0. The molecular weight excluding hydrogens is 156 g/mol. The highest BCUT2D eigenvalue weighted by Crippen LogP contribution is 2.00. The third kappa shape index (κ3) is 2.23. The maximum absolute atomic E-state index is 11.1. The molecule has 0 aromatic rings. The molecule has 12 heavy (non-hydrogen) atoms. The van der Waals surface area contributed by atoms with E-state index in [1.165, 1.54) is 0 Å². The number of hydrogen-bond acceptors (Lipinski definition) is 3. The van der Waals surface area contributed by atoms with Crippen molar-refractivity contribution in [3.8, 4) is 0 Å². The first-order valence-electron chi connectivity index (χ1n) is 4.04. The fourth-order valence-electron chi connectivity index (χ4n) is 1.24. The average molecular weight is 170 g/mol. The molecule has 1 aliphatic heterocycles. The van der Waals surface area contributed by atoms with Crippen molar-refractivity contribution < 1.29 is 9.53 Å². The second-order valence-electron chi connectivity index (χ2n) is 2.85. The van der Waals surface area contributed by atoms with Gasteiger partial charge in [0, 0.05) is 25.7 Å². The van der Waals surface area contributed by atoms with Crippen LogP contribution in [0.15, 0.2) is 12.8 Å². The Morgan fingerprint density at radius 2 is 2.58 bits per heavy atom. The van der Waals surface area contributed by atoms with Crippen LogP contribution >= 0.6 is 0 Å². The summed E-state index contributed by atoms with van der Waals surface area (Å²) < 4.78 is 4.65. The lowest BCUT2D eigenvalue weighted by Gasteiger charge is -2.30. The summed E-state index contributed by atoms with van der Waals surface area (Å²) in [7, 11) is 0. The van der Waals surface area contributed by atoms with Crippen LogP contribution in [0.2, 0.25) is 0 Å². The molecule has 1 N–H and O–H groups in total. The molecular formula is C8H14N2O2. The zero-order valence-electron chi connectivity index (χ0n) is 7.25. The molecule has 0 aliphatic carbocycles. The minimum Gasteiger partial charge on any atom is -0.419 e. The maximum atomic E-state index is 11.1. The molecule has 0 bridgehead atoms. The third-order valence-corrected chi connectivity index (χ3v) is 1.81. The van der Waals surface area contributed by atoms with E-state index in [1.54, 1.807) is 4.90 Å². The topological polar surface area (TPSA) is 41.6 Å². The zero-order chi connectivity index (χ0) is 8.97. The van der Waals surface area contributed by atoms with Gasteiger partial charge in [-0.15, -0.1) is 0 Å². The summed E-state index contributed by atoms with van der Waals surface area (Å²) in [4.78, 5) is 12.8. The molecule has 1 unspecified atom stereocenters. The van der Waals surface area contributed by atoms with Gasteiger partial charge in [0.1, 0.15) is 0 Å². The lowest BCUT2D eigenvalue weighted by molar-refractivity contribution is 0.123. The van der Waals surface area contributed by atoms with Gasteiger partial charge in [-0.25, -0.2) is 4.79 Å². The molecule has 68 valence electrons. The Balaban J connectivity index is 2.39. The molecule has 1 fully saturated rings. The van der Waals surface area contributed by atoms with E-state index >= 15 is 0 Å². The van der Waals surface area contributed by atoms with Crippen LogP contribution in [0.4, 0.5) is 4.79 Å². The summed E-state index contributed by atoms with van der Waals surface area (Å²) in [5.74, 6) is 0. The molecule has 1 rings (SSSR count). The highest BCUT2D eigenvalue weighted by Gasteiger charge is 2.20. The molecule has 0 spiro atoms. The fourth-order valence-corrected chi connectivity index (χ4v) is 1.24. The van der Waals surface area contributed by atoms with Crippen LogP contribution in [-0.2, 0) is 4.74 Å². The Kier molecular flexibility index (Phi) is 3.10. The first-order chi connectivity index (χ1) is 5.74. The summed E-state index contributed by atoms with van der Waals surface area (Å²) in [6.07, 6.45) is 0.855. The summed E-state index contributed by atoms with van der Waals surface area (Å²) in [6, 6.07) is 0.344. The smallest absolute Gasteiger partial charge is 0.414 e. The van der Waals surface area contributed by atoms with Gasteiger partial charge in [-0.3, -0.25) is 0 Å². The first kappa shape index (κ1) is 9.06. The lowest BCUT2D eigenvalue weighted by atomic mass is 10.2. The van der Waals surface area contributed by atoms with E-state index in [1.807, 2.05) is 6.92 Å². The SMILES string of the molecule is C=COC(=O)N1CCNC(C)C1. The largest absolute Gasteiger partial charge is 0.419 e. The number of carbonyl (C=O) groups excluding carboxylic acids is 1. The predicted octanol–water partition coefficient (Wildman–Crippen LogP) is 0.560. The highest BCUT2D eigenvalue weighted by molar-refractivity contribution is 5.68. The van der Waals surface area contributed by atoms with Crippen LogP contribution in [-0.4, -0.2) is 36.7 Å². The van der Waals surface area contributed by atoms with Crippen molar-refractivity contribution in [2.45, 2.75) is 13.0 Å². The minimum absolute atomic E-state index is 0.307. The Morgan fingerprint density at radius 3 is 3.17 bits per heavy atom. The van der Waals surface area contributed by atoms with Crippen molar-refractivity contribution in [2.24, 2.45) is 0 Å². The number of piperazine rings is 1. The lowest BCUT2D eigenvalue weighted by Crippen LogP contribution is -2.51. The van der Waals surface area contributed by atoms with Crippen molar-refractivity contribution in [3.63, 3.8) is 0 Å². The van der Waals surface area contributed by atoms with E-state index in [2.05, 4.69) is 16.6 Å². The second kappa shape index (κ2) is 4.11. The summed E-state index contributed by atoms with van der Waals surface area (Å²) in [5, 5.41) is 3.23. The predicted molar refractivity (Wildman–Crippen MR) is 45.7 cm³/mol. The monoisotopic (exact) mass is 170 g/mol. The van der Waals surface area contributed by atoms with Crippen LogP contribution in [0.1, 0.15) is 6.92 Å². The number of ether oxygens (including phenoxy) is 1. The van der Waals surface area contributed by atoms with E-state index in [4.69, 9.17) is 0 Å². The number of nitrogens with zero attached hydrogens (tertiary/aromatic N) is 1. The molecule has 4 nitrogen and oxygen atoms in total. The summed E-state index contributed by atoms with van der Waals surface area (Å²) in [6.45, 7) is 7.60. The molecule has 0 radical (unpaired) electrons. The van der Waals surface area contributed by atoms with Gasteiger partial charge in [0.05, 0.1) is 6.26 Å². The van der Waals surface area contributed by atoms with Crippen molar-refractivity contribution in [2.75, 3.05) is 19.6 Å². The number of hydrogen-bond donors (Lipinski definition) is 1. The molecule has 1 amide bonds. The molecule has 1 heterocycles. The quantitative estimate of drug-likeness (QED) is 0.585. The maximum Gasteiger partial charge on any atom is 0.414 e. The van der Waals surface area contributed by atoms with Gasteiger partial charge in [0.15, 0.2) is 0 Å². The van der Waals surface area contributed by atoms with Crippen LogP contribution in [0.25, 0.3) is 0 Å². The molecule has 1 aliphatic rings. The summed E-state index contributed by atoms with van der Waals surface area (Å²) in [5.41, 5.74) is 0. The second-order valence-corrected chi connectivity index (χ2v) is 2.85. The first-order valence-corrected chi connectivity index (χ1v) is 4.04. The van der Waals surface area contributed by atoms with E-state index in [9.17, 15) is 4.79 Å². The van der Waals surface area contributed by atoms with Gasteiger partial charge in [-0.05, 0) is 6.92 Å². The van der Waals surface area contributed by atoms with Gasteiger partial charge in [0.25, 0.3) is 0 Å². The Morgan fingerprint density at radius 1 is 1.83 bits per heavy atom. The molecule has 1 saturated heterocycles. The fraction of sp³-hybridized carbons (Fsp3) is 0.625. The number of nitrogens with one attached hydrogen (secondary N) is 1. The van der Waals surface area contributed by atoms with E-state index in [-0.39, 0.29) is 6.09 Å². The van der Waals surface area contributed by atoms with Crippen molar-refractivity contribution in [1.82, 2.24) is 10.2 Å².